The molecule has 7 heteroatoms. The van der Waals surface area contributed by atoms with Crippen molar-refractivity contribution in [2.75, 3.05) is 0 Å². The highest BCUT2D eigenvalue weighted by Crippen LogP contribution is 2.31. The zero-order chi connectivity index (χ0) is 23.6. The molecular weight excluding hydrogens is 436 g/mol. The van der Waals surface area contributed by atoms with Gasteiger partial charge in [0.2, 0.25) is 5.91 Å². The van der Waals surface area contributed by atoms with E-state index in [-0.39, 0.29) is 23.8 Å². The standard InChI is InChI=1S/C26H35ClN4O2/c1-18(2)22-15-23-24(32)30(16-19-10-9-11-20(27)14-19)26(3,17-31(23)29-22)25(33)28-21-12-7-5-4-6-8-13-21/h9-11,14-15,18,21H,4-8,12-13,16-17H2,1-3H3,(H,28,33). The van der Waals surface area contributed by atoms with Crippen molar-refractivity contribution in [3.05, 3.63) is 52.3 Å². The van der Waals surface area contributed by atoms with E-state index in [1.165, 1.54) is 19.3 Å². The van der Waals surface area contributed by atoms with Crippen LogP contribution >= 0.6 is 11.6 Å². The molecule has 1 N–H and O–H groups in total. The maximum absolute atomic E-state index is 13.8. The number of rotatable bonds is 5. The number of hydrogen-bond donors (Lipinski definition) is 1. The van der Waals surface area contributed by atoms with Crippen LogP contribution in [0.25, 0.3) is 0 Å². The molecule has 1 aliphatic heterocycles. The lowest BCUT2D eigenvalue weighted by Crippen LogP contribution is -2.64. The summed E-state index contributed by atoms with van der Waals surface area (Å²) in [6.45, 7) is 6.63. The monoisotopic (exact) mass is 470 g/mol. The molecular formula is C26H35ClN4O2. The minimum atomic E-state index is -1.05. The van der Waals surface area contributed by atoms with E-state index >= 15 is 0 Å². The highest BCUT2D eigenvalue weighted by Gasteiger charge is 2.48. The van der Waals surface area contributed by atoms with Gasteiger partial charge in [0.15, 0.2) is 0 Å². The normalized spacial score (nSPS) is 22.1. The summed E-state index contributed by atoms with van der Waals surface area (Å²) >= 11 is 6.21. The van der Waals surface area contributed by atoms with Gasteiger partial charge in [-0.25, -0.2) is 0 Å². The molecule has 4 rings (SSSR count). The van der Waals surface area contributed by atoms with Crippen LogP contribution in [0.3, 0.4) is 0 Å². The van der Waals surface area contributed by atoms with E-state index in [1.54, 1.807) is 9.58 Å². The molecule has 1 fully saturated rings. The molecule has 2 aliphatic rings. The minimum absolute atomic E-state index is 0.101. The summed E-state index contributed by atoms with van der Waals surface area (Å²) in [5.74, 6) is -0.0704. The molecule has 1 aliphatic carbocycles. The Bertz CT molecular complexity index is 1010. The number of fused-ring (bicyclic) bond motifs is 1. The van der Waals surface area contributed by atoms with Crippen LogP contribution in [0, 0.1) is 0 Å². The molecule has 178 valence electrons. The van der Waals surface area contributed by atoms with Gasteiger partial charge in [0.25, 0.3) is 5.91 Å². The van der Waals surface area contributed by atoms with E-state index in [0.717, 1.165) is 36.9 Å². The number of hydrogen-bond acceptors (Lipinski definition) is 3. The number of carbonyl (C=O) groups excluding carboxylic acids is 2. The third-order valence-electron chi connectivity index (χ3n) is 7.07. The van der Waals surface area contributed by atoms with E-state index in [0.29, 0.717) is 23.8 Å². The van der Waals surface area contributed by atoms with Crippen molar-refractivity contribution in [3.8, 4) is 0 Å². The second-order valence-electron chi connectivity index (χ2n) is 10.1. The predicted molar refractivity (Wildman–Crippen MR) is 130 cm³/mol. The van der Waals surface area contributed by atoms with Gasteiger partial charge in [-0.05, 0) is 49.4 Å². The van der Waals surface area contributed by atoms with Gasteiger partial charge in [0.1, 0.15) is 11.2 Å². The summed E-state index contributed by atoms with van der Waals surface area (Å²) in [7, 11) is 0. The molecule has 0 saturated heterocycles. The van der Waals surface area contributed by atoms with E-state index in [2.05, 4.69) is 24.3 Å². The van der Waals surface area contributed by atoms with Crippen molar-refractivity contribution in [1.82, 2.24) is 20.0 Å². The number of nitrogens with zero attached hydrogens (tertiary/aromatic N) is 3. The number of halogens is 1. The summed E-state index contributed by atoms with van der Waals surface area (Å²) in [6, 6.07) is 9.50. The number of amides is 2. The van der Waals surface area contributed by atoms with Crippen molar-refractivity contribution in [1.29, 1.82) is 0 Å². The molecule has 1 aromatic carbocycles. The van der Waals surface area contributed by atoms with Gasteiger partial charge < -0.3 is 10.2 Å². The van der Waals surface area contributed by atoms with Crippen LogP contribution in [0.1, 0.15) is 93.4 Å². The maximum atomic E-state index is 13.8. The Morgan fingerprint density at radius 1 is 1.18 bits per heavy atom. The van der Waals surface area contributed by atoms with Crippen LogP contribution in [0.4, 0.5) is 0 Å². The summed E-state index contributed by atoms with van der Waals surface area (Å²) < 4.78 is 1.73. The third-order valence-corrected chi connectivity index (χ3v) is 7.30. The van der Waals surface area contributed by atoms with Gasteiger partial charge >= 0.3 is 0 Å². The Balaban J connectivity index is 1.66. The second-order valence-corrected chi connectivity index (χ2v) is 10.5. The largest absolute Gasteiger partial charge is 0.351 e. The highest BCUT2D eigenvalue weighted by molar-refractivity contribution is 6.30. The molecule has 6 nitrogen and oxygen atoms in total. The fourth-order valence-electron chi connectivity index (χ4n) is 4.95. The first-order valence-corrected chi connectivity index (χ1v) is 12.6. The maximum Gasteiger partial charge on any atom is 0.273 e. The quantitative estimate of drug-likeness (QED) is 0.644. The molecule has 2 heterocycles. The fourth-order valence-corrected chi connectivity index (χ4v) is 5.16. The number of nitrogens with one attached hydrogen (secondary N) is 1. The van der Waals surface area contributed by atoms with Crippen LogP contribution in [0.5, 0.6) is 0 Å². The first-order chi connectivity index (χ1) is 15.8. The summed E-state index contributed by atoms with van der Waals surface area (Å²) in [4.78, 5) is 29.2. The zero-order valence-corrected chi connectivity index (χ0v) is 20.7. The lowest BCUT2D eigenvalue weighted by molar-refractivity contribution is -0.134. The Morgan fingerprint density at radius 2 is 1.88 bits per heavy atom. The molecule has 2 aromatic rings. The molecule has 2 amide bonds. The van der Waals surface area contributed by atoms with Crippen molar-refractivity contribution < 1.29 is 9.59 Å². The SMILES string of the molecule is CC(C)c1cc2n(n1)CC(C)(C(=O)NC1CCCCCCC1)N(Cc1cccc(Cl)c1)C2=O. The third kappa shape index (κ3) is 5.11. The lowest BCUT2D eigenvalue weighted by Gasteiger charge is -2.44. The summed E-state index contributed by atoms with van der Waals surface area (Å²) in [6.07, 6.45) is 7.97. The smallest absolute Gasteiger partial charge is 0.273 e. The first-order valence-electron chi connectivity index (χ1n) is 12.2. The molecule has 33 heavy (non-hydrogen) atoms. The number of carbonyl (C=O) groups is 2. The fraction of sp³-hybridized carbons (Fsp3) is 0.577. The van der Waals surface area contributed by atoms with Crippen LogP contribution in [0.15, 0.2) is 30.3 Å². The van der Waals surface area contributed by atoms with Crippen molar-refractivity contribution in [2.24, 2.45) is 0 Å². The van der Waals surface area contributed by atoms with Crippen molar-refractivity contribution in [3.63, 3.8) is 0 Å². The Morgan fingerprint density at radius 3 is 2.55 bits per heavy atom. The Hall–Kier alpha value is -2.34. The van der Waals surface area contributed by atoms with Crippen molar-refractivity contribution >= 4 is 23.4 Å². The summed E-state index contributed by atoms with van der Waals surface area (Å²) in [5.41, 5.74) is 1.26. The van der Waals surface area contributed by atoms with Gasteiger partial charge in [-0.2, -0.15) is 5.10 Å². The van der Waals surface area contributed by atoms with Crippen LogP contribution < -0.4 is 5.32 Å². The topological polar surface area (TPSA) is 67.2 Å². The lowest BCUT2D eigenvalue weighted by atomic mass is 9.91. The first kappa shape index (κ1) is 23.8. The molecule has 0 radical (unpaired) electrons. The Kier molecular flexibility index (Phi) is 7.13. The summed E-state index contributed by atoms with van der Waals surface area (Å²) in [5, 5.41) is 8.60. The van der Waals surface area contributed by atoms with E-state index in [4.69, 9.17) is 11.6 Å². The van der Waals surface area contributed by atoms with Gasteiger partial charge in [-0.15, -0.1) is 0 Å². The van der Waals surface area contributed by atoms with E-state index in [9.17, 15) is 9.59 Å². The predicted octanol–water partition coefficient (Wildman–Crippen LogP) is 5.30. The van der Waals surface area contributed by atoms with Crippen LogP contribution in [-0.2, 0) is 17.9 Å². The number of benzene rings is 1. The van der Waals surface area contributed by atoms with E-state index in [1.807, 2.05) is 37.3 Å². The van der Waals surface area contributed by atoms with Crippen LogP contribution in [0.2, 0.25) is 5.02 Å². The molecule has 1 saturated carbocycles. The molecule has 1 atom stereocenters. The van der Waals surface area contributed by atoms with Crippen LogP contribution in [-0.4, -0.2) is 38.1 Å². The Labute approximate surface area is 201 Å². The zero-order valence-electron chi connectivity index (χ0n) is 19.9. The molecule has 0 bridgehead atoms. The van der Waals surface area contributed by atoms with Gasteiger partial charge in [-0.3, -0.25) is 14.3 Å². The van der Waals surface area contributed by atoms with Crippen molar-refractivity contribution in [2.45, 2.75) is 96.3 Å². The average molecular weight is 471 g/mol. The molecule has 1 unspecified atom stereocenters. The van der Waals surface area contributed by atoms with Gasteiger partial charge in [0.05, 0.1) is 12.2 Å². The van der Waals surface area contributed by atoms with Gasteiger partial charge in [0, 0.05) is 17.6 Å². The average Bonchev–Trinajstić information content (AvgIpc) is 3.17. The molecule has 0 spiro atoms. The molecule has 1 aromatic heterocycles. The van der Waals surface area contributed by atoms with E-state index < -0.39 is 5.54 Å². The minimum Gasteiger partial charge on any atom is -0.351 e. The van der Waals surface area contributed by atoms with Gasteiger partial charge in [-0.1, -0.05) is 69.7 Å². The number of aromatic nitrogens is 2. The second kappa shape index (κ2) is 9.88. The highest BCUT2D eigenvalue weighted by atomic mass is 35.5.